The topological polar surface area (TPSA) is 75.8 Å². The maximum absolute atomic E-state index is 11.1. The summed E-state index contributed by atoms with van der Waals surface area (Å²) in [5, 5.41) is 20.8. The number of likely N-dealkylation sites (N-methyl/N-ethyl adjacent to an activating group) is 1. The molecule has 0 aliphatic rings. The number of hydrogen-bond donors (Lipinski definition) is 1. The molecule has 1 N–H and O–H groups in total. The van der Waals surface area contributed by atoms with Crippen molar-refractivity contribution in [1.29, 1.82) is 0 Å². The van der Waals surface area contributed by atoms with E-state index in [1.54, 1.807) is 25.3 Å². The lowest BCUT2D eigenvalue weighted by atomic mass is 10.0. The van der Waals surface area contributed by atoms with E-state index in [4.69, 9.17) is 4.74 Å². The number of methoxy groups -OCH3 is 1. The van der Waals surface area contributed by atoms with E-state index >= 15 is 0 Å². The first kappa shape index (κ1) is 16.9. The van der Waals surface area contributed by atoms with E-state index in [1.807, 2.05) is 36.2 Å². The molecule has 0 amide bonds. The van der Waals surface area contributed by atoms with Gasteiger partial charge in [0.25, 0.3) is 5.69 Å². The highest BCUT2D eigenvalue weighted by Crippen LogP contribution is 2.26. The van der Waals surface area contributed by atoms with Crippen LogP contribution in [0.4, 0.5) is 5.69 Å². The smallest absolute Gasteiger partial charge is 0.273 e. The van der Waals surface area contributed by atoms with Gasteiger partial charge >= 0.3 is 0 Å². The van der Waals surface area contributed by atoms with Crippen LogP contribution in [0.2, 0.25) is 0 Å². The van der Waals surface area contributed by atoms with Crippen LogP contribution >= 0.6 is 0 Å². The van der Waals surface area contributed by atoms with Crippen LogP contribution in [-0.4, -0.2) is 35.7 Å². The summed E-state index contributed by atoms with van der Waals surface area (Å²) in [6.45, 7) is 0.290. The Morgan fingerprint density at radius 1 is 1.22 bits per heavy atom. The van der Waals surface area contributed by atoms with Crippen LogP contribution in [0.15, 0.2) is 48.5 Å². The molecule has 0 aliphatic carbocycles. The molecule has 6 heteroatoms. The largest absolute Gasteiger partial charge is 0.497 e. The van der Waals surface area contributed by atoms with Crippen LogP contribution in [-0.2, 0) is 6.54 Å². The number of benzene rings is 2. The van der Waals surface area contributed by atoms with Crippen LogP contribution in [0.1, 0.15) is 17.2 Å². The summed E-state index contributed by atoms with van der Waals surface area (Å²) in [4.78, 5) is 12.6. The average molecular weight is 316 g/mol. The normalized spacial score (nSPS) is 12.2. The second-order valence-electron chi connectivity index (χ2n) is 5.27. The molecule has 2 aromatic rings. The summed E-state index contributed by atoms with van der Waals surface area (Å²) in [6, 6.07) is 13.8. The molecule has 0 bridgehead atoms. The third kappa shape index (κ3) is 4.06. The van der Waals surface area contributed by atoms with Crippen LogP contribution in [0.3, 0.4) is 0 Å². The number of nitro benzene ring substituents is 1. The van der Waals surface area contributed by atoms with Crippen molar-refractivity contribution in [3.63, 3.8) is 0 Å². The van der Waals surface area contributed by atoms with Gasteiger partial charge in [0.1, 0.15) is 5.75 Å². The van der Waals surface area contributed by atoms with Gasteiger partial charge in [-0.15, -0.1) is 0 Å². The van der Waals surface area contributed by atoms with Crippen LogP contribution < -0.4 is 4.74 Å². The predicted octanol–water partition coefficient (Wildman–Crippen LogP) is 2.77. The summed E-state index contributed by atoms with van der Waals surface area (Å²) in [7, 11) is 3.43. The van der Waals surface area contributed by atoms with Gasteiger partial charge in [-0.1, -0.05) is 30.3 Å². The van der Waals surface area contributed by atoms with Gasteiger partial charge in [0.15, 0.2) is 0 Å². The summed E-state index contributed by atoms with van der Waals surface area (Å²) in [5.74, 6) is 0.742. The second-order valence-corrected chi connectivity index (χ2v) is 5.27. The molecule has 0 unspecified atom stereocenters. The summed E-state index contributed by atoms with van der Waals surface area (Å²) < 4.78 is 5.13. The fraction of sp³-hybridized carbons (Fsp3) is 0.294. The van der Waals surface area contributed by atoms with Gasteiger partial charge in [-0.2, -0.15) is 0 Å². The molecule has 0 saturated heterocycles. The highest BCUT2D eigenvalue weighted by molar-refractivity contribution is 5.40. The van der Waals surface area contributed by atoms with Gasteiger partial charge in [-0.05, 0) is 24.7 Å². The zero-order valence-corrected chi connectivity index (χ0v) is 13.2. The quantitative estimate of drug-likeness (QED) is 0.628. The van der Waals surface area contributed by atoms with Gasteiger partial charge < -0.3 is 9.84 Å². The molecule has 0 aromatic heterocycles. The number of ether oxygens (including phenoxy) is 1. The standard InChI is InChI=1S/C17H20N2O4/c1-18(11-14-5-3-4-6-16(14)19(21)22)17(12-20)13-7-9-15(23-2)10-8-13/h3-10,17,20H,11-12H2,1-2H3/t17-/m1/s1. The van der Waals surface area contributed by atoms with E-state index in [9.17, 15) is 15.2 Å². The Labute approximate surface area is 135 Å². The first-order chi connectivity index (χ1) is 11.1. The Balaban J connectivity index is 2.20. The molecule has 0 heterocycles. The van der Waals surface area contributed by atoms with Gasteiger partial charge in [0.2, 0.25) is 0 Å². The van der Waals surface area contributed by atoms with Crippen molar-refractivity contribution in [2.24, 2.45) is 0 Å². The molecule has 2 rings (SSSR count). The molecular formula is C17H20N2O4. The van der Waals surface area contributed by atoms with E-state index in [2.05, 4.69) is 0 Å². The molecule has 0 saturated carbocycles. The number of aliphatic hydroxyl groups is 1. The maximum Gasteiger partial charge on any atom is 0.273 e. The third-order valence-electron chi connectivity index (χ3n) is 3.81. The zero-order chi connectivity index (χ0) is 16.8. The number of nitrogens with zero attached hydrogens (tertiary/aromatic N) is 2. The molecular weight excluding hydrogens is 296 g/mol. The first-order valence-electron chi connectivity index (χ1n) is 7.24. The van der Waals surface area contributed by atoms with E-state index < -0.39 is 0 Å². The molecule has 0 aliphatic heterocycles. The van der Waals surface area contributed by atoms with Crippen molar-refractivity contribution < 1.29 is 14.8 Å². The Kier molecular flexibility index (Phi) is 5.67. The first-order valence-corrected chi connectivity index (χ1v) is 7.24. The predicted molar refractivity (Wildman–Crippen MR) is 87.4 cm³/mol. The van der Waals surface area contributed by atoms with Crippen molar-refractivity contribution >= 4 is 5.69 Å². The summed E-state index contributed by atoms with van der Waals surface area (Å²) in [5.41, 5.74) is 1.63. The molecule has 0 fully saturated rings. The molecule has 2 aromatic carbocycles. The van der Waals surface area contributed by atoms with Gasteiger partial charge in [-0.3, -0.25) is 15.0 Å². The highest BCUT2D eigenvalue weighted by Gasteiger charge is 2.20. The number of rotatable bonds is 7. The van der Waals surface area contributed by atoms with Gasteiger partial charge in [0, 0.05) is 18.2 Å². The lowest BCUT2D eigenvalue weighted by Crippen LogP contribution is -2.27. The van der Waals surface area contributed by atoms with E-state index in [0.29, 0.717) is 12.1 Å². The lowest BCUT2D eigenvalue weighted by Gasteiger charge is -2.27. The lowest BCUT2D eigenvalue weighted by molar-refractivity contribution is -0.385. The van der Waals surface area contributed by atoms with Crippen molar-refractivity contribution in [2.45, 2.75) is 12.6 Å². The molecule has 1 atom stereocenters. The SMILES string of the molecule is COc1ccc([C@@H](CO)N(C)Cc2ccccc2[N+](=O)[O-])cc1. The van der Waals surface area contributed by atoms with Crippen molar-refractivity contribution in [1.82, 2.24) is 4.90 Å². The minimum atomic E-state index is -0.384. The second kappa shape index (κ2) is 7.71. The average Bonchev–Trinajstić information content (AvgIpc) is 2.56. The van der Waals surface area contributed by atoms with E-state index in [-0.39, 0.29) is 23.3 Å². The Bertz CT molecular complexity index is 658. The number of nitro groups is 1. The molecule has 6 nitrogen and oxygen atoms in total. The van der Waals surface area contributed by atoms with Gasteiger partial charge in [-0.25, -0.2) is 0 Å². The number of hydrogen-bond acceptors (Lipinski definition) is 5. The van der Waals surface area contributed by atoms with Crippen LogP contribution in [0.25, 0.3) is 0 Å². The zero-order valence-electron chi connectivity index (χ0n) is 13.2. The molecule has 0 spiro atoms. The van der Waals surface area contributed by atoms with Gasteiger partial charge in [0.05, 0.1) is 24.7 Å². The highest BCUT2D eigenvalue weighted by atomic mass is 16.6. The van der Waals surface area contributed by atoms with Crippen molar-refractivity contribution in [3.8, 4) is 5.75 Å². The fourth-order valence-electron chi connectivity index (χ4n) is 2.53. The molecule has 0 radical (unpaired) electrons. The molecule has 122 valence electrons. The van der Waals surface area contributed by atoms with Crippen LogP contribution in [0, 0.1) is 10.1 Å². The van der Waals surface area contributed by atoms with Crippen LogP contribution in [0.5, 0.6) is 5.75 Å². The third-order valence-corrected chi connectivity index (χ3v) is 3.81. The minimum Gasteiger partial charge on any atom is -0.497 e. The fourth-order valence-corrected chi connectivity index (χ4v) is 2.53. The van der Waals surface area contributed by atoms with Crippen molar-refractivity contribution in [2.75, 3.05) is 20.8 Å². The van der Waals surface area contributed by atoms with Crippen molar-refractivity contribution in [3.05, 3.63) is 69.8 Å². The number of aliphatic hydroxyl groups excluding tert-OH is 1. The molecule has 23 heavy (non-hydrogen) atoms. The summed E-state index contributed by atoms with van der Waals surface area (Å²) in [6.07, 6.45) is 0. The maximum atomic E-state index is 11.1. The summed E-state index contributed by atoms with van der Waals surface area (Å²) >= 11 is 0. The Hall–Kier alpha value is -2.44. The number of para-hydroxylation sites is 1. The van der Waals surface area contributed by atoms with E-state index in [0.717, 1.165) is 11.3 Å². The monoisotopic (exact) mass is 316 g/mol. The minimum absolute atomic E-state index is 0.0799. The van der Waals surface area contributed by atoms with E-state index in [1.165, 1.54) is 6.07 Å². The Morgan fingerprint density at radius 2 is 1.87 bits per heavy atom. The Morgan fingerprint density at radius 3 is 2.43 bits per heavy atom.